The predicted molar refractivity (Wildman–Crippen MR) is 68.2 cm³/mol. The van der Waals surface area contributed by atoms with E-state index < -0.39 is 17.9 Å². The Labute approximate surface area is 115 Å². The number of rotatable bonds is 4. The Hall–Kier alpha value is -1.53. The molecular formula is C12H15ClN2O4. The first-order valence-electron chi connectivity index (χ1n) is 6.00. The third-order valence-corrected chi connectivity index (χ3v) is 3.47. The highest BCUT2D eigenvalue weighted by Crippen LogP contribution is 2.22. The van der Waals surface area contributed by atoms with Crippen molar-refractivity contribution < 1.29 is 19.4 Å². The molecule has 1 fully saturated rings. The molecule has 0 bridgehead atoms. The number of aromatic nitrogens is 1. The summed E-state index contributed by atoms with van der Waals surface area (Å²) in [6.07, 6.45) is 1.52. The number of carbonyl (C=O) groups excluding carboxylic acids is 1. The van der Waals surface area contributed by atoms with E-state index in [1.165, 1.54) is 17.2 Å². The highest BCUT2D eigenvalue weighted by Gasteiger charge is 2.39. The van der Waals surface area contributed by atoms with Gasteiger partial charge in [-0.25, -0.2) is 0 Å². The fraction of sp³-hybridized carbons (Fsp3) is 0.500. The lowest BCUT2D eigenvalue weighted by atomic mass is 10.0. The number of aliphatic carboxylic acids is 1. The van der Waals surface area contributed by atoms with Crippen molar-refractivity contribution in [2.24, 2.45) is 5.92 Å². The van der Waals surface area contributed by atoms with Crippen molar-refractivity contribution in [1.82, 2.24) is 9.88 Å². The van der Waals surface area contributed by atoms with Crippen LogP contribution >= 0.6 is 11.6 Å². The number of nitrogens with zero attached hydrogens (tertiary/aromatic N) is 1. The molecule has 2 N–H and O–H groups in total. The van der Waals surface area contributed by atoms with Crippen molar-refractivity contribution in [3.63, 3.8) is 0 Å². The zero-order valence-electron chi connectivity index (χ0n) is 10.4. The van der Waals surface area contributed by atoms with E-state index in [2.05, 4.69) is 4.98 Å². The minimum absolute atomic E-state index is 0.134. The Balaban J connectivity index is 2.20. The molecule has 0 spiro atoms. The van der Waals surface area contributed by atoms with Crippen molar-refractivity contribution in [2.75, 3.05) is 19.8 Å². The molecule has 1 amide bonds. The minimum atomic E-state index is -0.946. The normalized spacial score (nSPS) is 22.4. The molecule has 2 unspecified atom stereocenters. The number of nitrogens with one attached hydrogen (secondary N) is 1. The van der Waals surface area contributed by atoms with Gasteiger partial charge >= 0.3 is 5.97 Å². The van der Waals surface area contributed by atoms with Crippen LogP contribution in [0.25, 0.3) is 0 Å². The molecule has 0 aliphatic carbocycles. The molecule has 0 radical (unpaired) electrons. The van der Waals surface area contributed by atoms with Crippen LogP contribution in [0.2, 0.25) is 5.02 Å². The van der Waals surface area contributed by atoms with Gasteiger partial charge in [-0.15, -0.1) is 0 Å². The van der Waals surface area contributed by atoms with Crippen molar-refractivity contribution >= 4 is 23.5 Å². The van der Waals surface area contributed by atoms with Gasteiger partial charge in [0.05, 0.1) is 24.3 Å². The molecule has 104 valence electrons. The van der Waals surface area contributed by atoms with E-state index in [-0.39, 0.29) is 19.1 Å². The Kier molecular flexibility index (Phi) is 4.11. The summed E-state index contributed by atoms with van der Waals surface area (Å²) in [6.45, 7) is 2.59. The second-order valence-corrected chi connectivity index (χ2v) is 4.81. The van der Waals surface area contributed by atoms with E-state index in [0.29, 0.717) is 17.3 Å². The predicted octanol–water partition coefficient (Wildman–Crippen LogP) is 1.23. The third-order valence-electron chi connectivity index (χ3n) is 3.25. The number of hydrogen-bond donors (Lipinski definition) is 2. The highest BCUT2D eigenvalue weighted by atomic mass is 35.5. The average Bonchev–Trinajstić information content (AvgIpc) is 2.98. The second kappa shape index (κ2) is 5.63. The number of carboxylic acids is 1. The summed E-state index contributed by atoms with van der Waals surface area (Å²) in [5, 5.41) is 9.58. The minimum Gasteiger partial charge on any atom is -0.481 e. The molecule has 0 aromatic carbocycles. The molecule has 2 heterocycles. The summed E-state index contributed by atoms with van der Waals surface area (Å²) >= 11 is 5.77. The van der Waals surface area contributed by atoms with Gasteiger partial charge in [0.2, 0.25) is 0 Å². The van der Waals surface area contributed by atoms with Gasteiger partial charge in [-0.3, -0.25) is 9.59 Å². The van der Waals surface area contributed by atoms with E-state index in [9.17, 15) is 9.59 Å². The number of carboxylic acid groups (broad SMARTS) is 1. The van der Waals surface area contributed by atoms with Gasteiger partial charge in [0, 0.05) is 12.7 Å². The Morgan fingerprint density at radius 3 is 2.84 bits per heavy atom. The third kappa shape index (κ3) is 2.74. The van der Waals surface area contributed by atoms with Crippen LogP contribution in [0.1, 0.15) is 17.4 Å². The van der Waals surface area contributed by atoms with Crippen LogP contribution in [-0.2, 0) is 9.53 Å². The first-order chi connectivity index (χ1) is 9.04. The monoisotopic (exact) mass is 286 g/mol. The van der Waals surface area contributed by atoms with Gasteiger partial charge in [-0.2, -0.15) is 0 Å². The molecule has 6 nitrogen and oxygen atoms in total. The molecule has 2 atom stereocenters. The number of halogens is 1. The molecule has 2 rings (SSSR count). The molecule has 0 saturated carbocycles. The number of aromatic amines is 1. The molecule has 1 aliphatic rings. The van der Waals surface area contributed by atoms with Gasteiger partial charge in [-0.1, -0.05) is 11.6 Å². The quantitative estimate of drug-likeness (QED) is 0.872. The highest BCUT2D eigenvalue weighted by molar-refractivity contribution is 6.30. The Bertz CT molecular complexity index is 488. The van der Waals surface area contributed by atoms with Crippen LogP contribution in [-0.4, -0.2) is 52.7 Å². The summed E-state index contributed by atoms with van der Waals surface area (Å²) in [5.74, 6) is -1.90. The van der Waals surface area contributed by atoms with Gasteiger partial charge in [0.25, 0.3) is 5.91 Å². The van der Waals surface area contributed by atoms with Crippen LogP contribution in [0.4, 0.5) is 0 Å². The lowest BCUT2D eigenvalue weighted by Gasteiger charge is -2.28. The van der Waals surface area contributed by atoms with E-state index in [1.807, 2.05) is 0 Å². The van der Waals surface area contributed by atoms with Gasteiger partial charge in [0.1, 0.15) is 11.6 Å². The van der Waals surface area contributed by atoms with E-state index >= 15 is 0 Å². The largest absolute Gasteiger partial charge is 0.481 e. The van der Waals surface area contributed by atoms with Crippen LogP contribution in [0.5, 0.6) is 0 Å². The van der Waals surface area contributed by atoms with Crippen molar-refractivity contribution in [1.29, 1.82) is 0 Å². The summed E-state index contributed by atoms with van der Waals surface area (Å²) in [5.41, 5.74) is 0.350. The summed E-state index contributed by atoms with van der Waals surface area (Å²) in [4.78, 5) is 27.8. The standard InChI is InChI=1S/C12H15ClN2O4/c1-2-15(10-6-19-5-8(10)12(17)18)11(16)9-3-7(13)4-14-9/h3-4,8,10,14H,2,5-6H2,1H3,(H,17,18). The smallest absolute Gasteiger partial charge is 0.311 e. The van der Waals surface area contributed by atoms with Crippen LogP contribution < -0.4 is 0 Å². The molecule has 1 aromatic rings. The second-order valence-electron chi connectivity index (χ2n) is 4.37. The number of H-pyrrole nitrogens is 1. The maximum Gasteiger partial charge on any atom is 0.311 e. The number of hydrogen-bond acceptors (Lipinski definition) is 3. The number of likely N-dealkylation sites (N-methyl/N-ethyl adjacent to an activating group) is 1. The average molecular weight is 287 g/mol. The van der Waals surface area contributed by atoms with Crippen LogP contribution in [0.3, 0.4) is 0 Å². The zero-order chi connectivity index (χ0) is 14.0. The topological polar surface area (TPSA) is 82.6 Å². The summed E-state index contributed by atoms with van der Waals surface area (Å²) in [7, 11) is 0. The molecule has 1 aliphatic heterocycles. The molecule has 7 heteroatoms. The lowest BCUT2D eigenvalue weighted by molar-refractivity contribution is -0.142. The van der Waals surface area contributed by atoms with Gasteiger partial charge in [0.15, 0.2) is 0 Å². The summed E-state index contributed by atoms with van der Waals surface area (Å²) < 4.78 is 5.19. The van der Waals surface area contributed by atoms with Crippen molar-refractivity contribution in [3.05, 3.63) is 23.0 Å². The van der Waals surface area contributed by atoms with E-state index in [1.54, 1.807) is 6.92 Å². The fourth-order valence-electron chi connectivity index (χ4n) is 2.26. The fourth-order valence-corrected chi connectivity index (χ4v) is 2.42. The Morgan fingerprint density at radius 1 is 1.58 bits per heavy atom. The number of amides is 1. The first-order valence-corrected chi connectivity index (χ1v) is 6.37. The molecule has 1 saturated heterocycles. The van der Waals surface area contributed by atoms with Gasteiger partial charge in [-0.05, 0) is 13.0 Å². The maximum atomic E-state index is 12.3. The number of carbonyl (C=O) groups is 2. The van der Waals surface area contributed by atoms with Gasteiger partial charge < -0.3 is 19.7 Å². The molecule has 19 heavy (non-hydrogen) atoms. The lowest BCUT2D eigenvalue weighted by Crippen LogP contribution is -2.46. The Morgan fingerprint density at radius 2 is 2.32 bits per heavy atom. The van der Waals surface area contributed by atoms with E-state index in [4.69, 9.17) is 21.4 Å². The maximum absolute atomic E-state index is 12.3. The first kappa shape index (κ1) is 13.9. The van der Waals surface area contributed by atoms with Crippen molar-refractivity contribution in [2.45, 2.75) is 13.0 Å². The SMILES string of the molecule is CCN(C(=O)c1cc(Cl)c[nH]1)C1COCC1C(=O)O. The number of ether oxygens (including phenoxy) is 1. The molecule has 1 aromatic heterocycles. The zero-order valence-corrected chi connectivity index (χ0v) is 11.2. The molecular weight excluding hydrogens is 272 g/mol. The van der Waals surface area contributed by atoms with Crippen LogP contribution in [0, 0.1) is 5.92 Å². The van der Waals surface area contributed by atoms with Crippen molar-refractivity contribution in [3.8, 4) is 0 Å². The van der Waals surface area contributed by atoms with E-state index in [0.717, 1.165) is 0 Å². The summed E-state index contributed by atoms with van der Waals surface area (Å²) in [6, 6.07) is 1.08. The van der Waals surface area contributed by atoms with Crippen LogP contribution in [0.15, 0.2) is 12.3 Å².